The molecule has 1 aliphatic rings. The van der Waals surface area contributed by atoms with Crippen LogP contribution in [0, 0.1) is 0 Å². The minimum atomic E-state index is -1.23. The summed E-state index contributed by atoms with van der Waals surface area (Å²) in [7, 11) is 0. The molecule has 1 saturated heterocycles. The Hall–Kier alpha value is -2.65. The lowest BCUT2D eigenvalue weighted by Crippen LogP contribution is -2.43. The monoisotopic (exact) mass is 424 g/mol. The smallest absolute Gasteiger partial charge is 0.331 e. The molecule has 1 fully saturated rings. The van der Waals surface area contributed by atoms with Crippen molar-refractivity contribution in [1.29, 1.82) is 0 Å². The van der Waals surface area contributed by atoms with E-state index in [4.69, 9.17) is 21.4 Å². The van der Waals surface area contributed by atoms with Gasteiger partial charge in [0.25, 0.3) is 0 Å². The lowest BCUT2D eigenvalue weighted by molar-refractivity contribution is -0.147. The number of likely N-dealkylation sites (tertiary alicyclic amines) is 1. The van der Waals surface area contributed by atoms with Gasteiger partial charge >= 0.3 is 16.8 Å². The number of nitrogens with zero attached hydrogens (tertiary/aromatic N) is 2. The van der Waals surface area contributed by atoms with Gasteiger partial charge in [0.05, 0.1) is 15.2 Å². The van der Waals surface area contributed by atoms with Crippen molar-refractivity contribution in [3.63, 3.8) is 0 Å². The molecule has 2 heterocycles. The Bertz CT molecular complexity index is 1000. The average Bonchev–Trinajstić information content (AvgIpc) is 2.98. The second-order valence-electron chi connectivity index (χ2n) is 6.23. The summed E-state index contributed by atoms with van der Waals surface area (Å²) in [6.45, 7) is 0.693. The number of carbonyl (C=O) groups excluding carboxylic acids is 2. The molecule has 0 unspecified atom stereocenters. The summed E-state index contributed by atoms with van der Waals surface area (Å²) in [6, 6.07) is 5.18. The molecule has 0 bridgehead atoms. The Morgan fingerprint density at radius 1 is 1.25 bits per heavy atom. The first kappa shape index (κ1) is 20.1. The summed E-state index contributed by atoms with van der Waals surface area (Å²) < 4.78 is 7.24. The molecule has 10 heteroatoms. The number of halogens is 1. The molecule has 1 N–H and O–H groups in total. The van der Waals surface area contributed by atoms with Gasteiger partial charge in [-0.25, -0.2) is 9.59 Å². The maximum Gasteiger partial charge on any atom is 0.331 e. The predicted molar refractivity (Wildman–Crippen MR) is 104 cm³/mol. The number of amides is 1. The maximum atomic E-state index is 12.6. The van der Waals surface area contributed by atoms with Crippen molar-refractivity contribution in [3.8, 4) is 0 Å². The van der Waals surface area contributed by atoms with Crippen molar-refractivity contribution < 1.29 is 24.2 Å². The Balaban J connectivity index is 1.58. The van der Waals surface area contributed by atoms with Crippen LogP contribution < -0.4 is 4.87 Å². The normalized spacial score (nSPS) is 15.2. The third kappa shape index (κ3) is 4.60. The van der Waals surface area contributed by atoms with Crippen molar-refractivity contribution >= 4 is 51.0 Å². The van der Waals surface area contributed by atoms with Crippen LogP contribution in [0.1, 0.15) is 12.8 Å². The highest BCUT2D eigenvalue weighted by molar-refractivity contribution is 7.17. The van der Waals surface area contributed by atoms with Crippen molar-refractivity contribution in [3.05, 3.63) is 45.0 Å². The van der Waals surface area contributed by atoms with Gasteiger partial charge in [-0.15, -0.1) is 0 Å². The first-order valence-corrected chi connectivity index (χ1v) is 9.72. The largest absolute Gasteiger partial charge is 0.478 e. The maximum absolute atomic E-state index is 12.6. The fraction of sp³-hybridized carbons (Fsp3) is 0.333. The molecule has 8 nitrogen and oxygen atoms in total. The SMILES string of the molecule is O=C(O)C=CC(=O)OC1CCN(C(=O)Cn2c(=O)sc3c(Cl)cccc32)CC1. The van der Waals surface area contributed by atoms with Crippen LogP contribution in [-0.4, -0.2) is 51.6 Å². The molecule has 28 heavy (non-hydrogen) atoms. The standard InChI is InChI=1S/C18H17ClN2O6S/c19-12-2-1-3-13-17(12)28-18(26)21(13)10-14(22)20-8-6-11(7-9-20)27-16(25)5-4-15(23)24/h1-5,11H,6-10H2,(H,23,24). The number of esters is 1. The van der Waals surface area contributed by atoms with Crippen LogP contribution in [0.3, 0.4) is 0 Å². The lowest BCUT2D eigenvalue weighted by atomic mass is 10.1. The van der Waals surface area contributed by atoms with E-state index in [1.165, 1.54) is 4.57 Å². The molecule has 148 valence electrons. The number of carboxylic acid groups (broad SMARTS) is 1. The van der Waals surface area contributed by atoms with Gasteiger partial charge in [-0.3, -0.25) is 14.2 Å². The van der Waals surface area contributed by atoms with E-state index in [9.17, 15) is 19.2 Å². The van der Waals surface area contributed by atoms with Crippen LogP contribution in [0.2, 0.25) is 5.02 Å². The molecule has 0 aliphatic carbocycles. The van der Waals surface area contributed by atoms with Crippen LogP contribution in [0.25, 0.3) is 10.2 Å². The van der Waals surface area contributed by atoms with Gasteiger partial charge in [-0.2, -0.15) is 0 Å². The van der Waals surface area contributed by atoms with Gasteiger partial charge in [0, 0.05) is 38.1 Å². The molecule has 1 aromatic heterocycles. The van der Waals surface area contributed by atoms with E-state index in [1.54, 1.807) is 23.1 Å². The van der Waals surface area contributed by atoms with E-state index in [0.29, 0.717) is 41.2 Å². The number of rotatable bonds is 5. The zero-order chi connectivity index (χ0) is 20.3. The second-order valence-corrected chi connectivity index (χ2v) is 7.60. The van der Waals surface area contributed by atoms with Gasteiger partial charge in [0.1, 0.15) is 12.6 Å². The number of carboxylic acids is 1. The second kappa shape index (κ2) is 8.57. The molecule has 0 spiro atoms. The number of aromatic nitrogens is 1. The molecular formula is C18H17ClN2O6S. The van der Waals surface area contributed by atoms with Gasteiger partial charge in [-0.05, 0) is 12.1 Å². The third-order valence-electron chi connectivity index (χ3n) is 4.38. The fourth-order valence-electron chi connectivity index (χ4n) is 3.00. The molecule has 1 amide bonds. The number of ether oxygens (including phenoxy) is 1. The summed E-state index contributed by atoms with van der Waals surface area (Å²) in [5, 5.41) is 8.98. The molecular weight excluding hydrogens is 408 g/mol. The molecule has 1 aliphatic heterocycles. The van der Waals surface area contributed by atoms with E-state index in [1.807, 2.05) is 0 Å². The highest BCUT2D eigenvalue weighted by Crippen LogP contribution is 2.26. The van der Waals surface area contributed by atoms with Crippen LogP contribution in [0.5, 0.6) is 0 Å². The number of aliphatic carboxylic acids is 1. The number of benzene rings is 1. The summed E-state index contributed by atoms with van der Waals surface area (Å²) in [4.78, 5) is 48.2. The van der Waals surface area contributed by atoms with Crippen molar-refractivity contribution in [2.75, 3.05) is 13.1 Å². The van der Waals surface area contributed by atoms with Crippen LogP contribution in [0.15, 0.2) is 35.1 Å². The van der Waals surface area contributed by atoms with E-state index < -0.39 is 11.9 Å². The van der Waals surface area contributed by atoms with Crippen molar-refractivity contribution in [1.82, 2.24) is 9.47 Å². The van der Waals surface area contributed by atoms with E-state index in [0.717, 1.165) is 23.5 Å². The van der Waals surface area contributed by atoms with E-state index in [2.05, 4.69) is 0 Å². The highest BCUT2D eigenvalue weighted by atomic mass is 35.5. The number of thiazole rings is 1. The molecule has 2 aromatic rings. The van der Waals surface area contributed by atoms with Crippen molar-refractivity contribution in [2.24, 2.45) is 0 Å². The number of carbonyl (C=O) groups is 3. The summed E-state index contributed by atoms with van der Waals surface area (Å²) in [6.07, 6.45) is 2.10. The highest BCUT2D eigenvalue weighted by Gasteiger charge is 2.25. The first-order chi connectivity index (χ1) is 13.3. The van der Waals surface area contributed by atoms with Gasteiger partial charge in [0.15, 0.2) is 0 Å². The number of hydrogen-bond acceptors (Lipinski definition) is 6. The summed E-state index contributed by atoms with van der Waals surface area (Å²) >= 11 is 7.12. The molecule has 0 saturated carbocycles. The molecule has 0 radical (unpaired) electrons. The fourth-order valence-corrected chi connectivity index (χ4v) is 4.18. The van der Waals surface area contributed by atoms with Gasteiger partial charge in [-0.1, -0.05) is 29.0 Å². The minimum Gasteiger partial charge on any atom is -0.478 e. The van der Waals surface area contributed by atoms with E-state index >= 15 is 0 Å². The van der Waals surface area contributed by atoms with Gasteiger partial charge in [0.2, 0.25) is 5.91 Å². The number of fused-ring (bicyclic) bond motifs is 1. The number of piperidine rings is 1. The zero-order valence-electron chi connectivity index (χ0n) is 14.7. The molecule has 1 aromatic carbocycles. The van der Waals surface area contributed by atoms with Gasteiger partial charge < -0.3 is 14.7 Å². The Morgan fingerprint density at radius 3 is 2.64 bits per heavy atom. The van der Waals surface area contributed by atoms with Crippen molar-refractivity contribution in [2.45, 2.75) is 25.5 Å². The summed E-state index contributed by atoms with van der Waals surface area (Å²) in [5.41, 5.74) is 0.630. The first-order valence-electron chi connectivity index (χ1n) is 8.52. The Morgan fingerprint density at radius 2 is 1.96 bits per heavy atom. The molecule has 3 rings (SSSR count). The topological polar surface area (TPSA) is 106 Å². The minimum absolute atomic E-state index is 0.0784. The quantitative estimate of drug-likeness (QED) is 0.580. The number of hydrogen-bond donors (Lipinski definition) is 1. The summed E-state index contributed by atoms with van der Waals surface area (Å²) in [5.74, 6) is -2.15. The van der Waals surface area contributed by atoms with Crippen LogP contribution >= 0.6 is 22.9 Å². The third-order valence-corrected chi connectivity index (χ3v) is 5.83. The van der Waals surface area contributed by atoms with Crippen LogP contribution in [0.4, 0.5) is 0 Å². The van der Waals surface area contributed by atoms with E-state index in [-0.39, 0.29) is 23.4 Å². The van der Waals surface area contributed by atoms with Crippen LogP contribution in [-0.2, 0) is 25.7 Å². The Labute approximate surface area is 168 Å². The predicted octanol–water partition coefficient (Wildman–Crippen LogP) is 1.89. The Kier molecular flexibility index (Phi) is 6.15. The zero-order valence-corrected chi connectivity index (χ0v) is 16.2. The average molecular weight is 425 g/mol. The molecule has 0 atom stereocenters. The lowest BCUT2D eigenvalue weighted by Gasteiger charge is -2.31.